The summed E-state index contributed by atoms with van der Waals surface area (Å²) in [7, 11) is 0. The maximum atomic E-state index is 13.0. The summed E-state index contributed by atoms with van der Waals surface area (Å²) in [6.07, 6.45) is -1.54. The lowest BCUT2D eigenvalue weighted by Gasteiger charge is -2.27. The summed E-state index contributed by atoms with van der Waals surface area (Å²) in [5, 5.41) is 2.02. The zero-order valence-electron chi connectivity index (χ0n) is 16.4. The van der Waals surface area contributed by atoms with Crippen LogP contribution in [0.4, 0.5) is 13.2 Å². The second-order valence-corrected chi connectivity index (χ2v) is 9.56. The summed E-state index contributed by atoms with van der Waals surface area (Å²) in [5.41, 5.74) is 2.23. The van der Waals surface area contributed by atoms with Crippen molar-refractivity contribution in [3.8, 4) is 21.1 Å². The zero-order chi connectivity index (χ0) is 21.4. The normalized spacial score (nSPS) is 14.5. The molecule has 8 heteroatoms. The average molecular weight is 458 g/mol. The number of hydrogen-bond donors (Lipinski definition) is 0. The minimum absolute atomic E-state index is 0.601. The molecule has 31 heavy (non-hydrogen) atoms. The highest BCUT2D eigenvalue weighted by Gasteiger charge is 2.30. The van der Waals surface area contributed by atoms with Crippen LogP contribution in [-0.2, 0) is 25.7 Å². The lowest BCUT2D eigenvalue weighted by Crippen LogP contribution is -2.30. The molecule has 1 aromatic carbocycles. The number of thiophene rings is 2. The summed E-state index contributed by atoms with van der Waals surface area (Å²) < 4.78 is 39.0. The smallest absolute Gasteiger partial charge is 0.293 e. The second kappa shape index (κ2) is 8.18. The summed E-state index contributed by atoms with van der Waals surface area (Å²) in [4.78, 5) is 14.7. The van der Waals surface area contributed by atoms with Crippen molar-refractivity contribution in [2.45, 2.75) is 25.7 Å². The van der Waals surface area contributed by atoms with Crippen molar-refractivity contribution < 1.29 is 13.2 Å². The molecular formula is C23H18F3N3S2. The molecule has 158 valence electrons. The molecular weight excluding hydrogens is 439 g/mol. The molecule has 0 unspecified atom stereocenters. The van der Waals surface area contributed by atoms with E-state index in [-0.39, 0.29) is 0 Å². The Labute approximate surface area is 185 Å². The zero-order valence-corrected chi connectivity index (χ0v) is 18.0. The lowest BCUT2D eigenvalue weighted by molar-refractivity contribution is -0.137. The van der Waals surface area contributed by atoms with E-state index < -0.39 is 11.7 Å². The second-order valence-electron chi connectivity index (χ2n) is 7.45. The van der Waals surface area contributed by atoms with Crippen molar-refractivity contribution in [1.29, 1.82) is 0 Å². The predicted molar refractivity (Wildman–Crippen MR) is 118 cm³/mol. The molecule has 3 aromatic heterocycles. The summed E-state index contributed by atoms with van der Waals surface area (Å²) in [5.74, 6) is 0.784. The van der Waals surface area contributed by atoms with Crippen molar-refractivity contribution >= 4 is 22.7 Å². The van der Waals surface area contributed by atoms with Crippen molar-refractivity contribution in [3.05, 3.63) is 81.8 Å². The van der Waals surface area contributed by atoms with E-state index in [0.717, 1.165) is 63.8 Å². The number of benzene rings is 1. The van der Waals surface area contributed by atoms with Gasteiger partial charge in [0.2, 0.25) is 0 Å². The first-order valence-corrected chi connectivity index (χ1v) is 11.5. The van der Waals surface area contributed by atoms with Crippen LogP contribution in [-0.4, -0.2) is 21.4 Å². The van der Waals surface area contributed by atoms with Crippen molar-refractivity contribution in [1.82, 2.24) is 14.9 Å². The van der Waals surface area contributed by atoms with E-state index in [1.54, 1.807) is 28.7 Å². The number of nitrogens with zero attached hydrogens (tertiary/aromatic N) is 3. The Kier molecular flexibility index (Phi) is 5.37. The van der Waals surface area contributed by atoms with Crippen LogP contribution in [0.15, 0.2) is 60.1 Å². The number of halogens is 3. The van der Waals surface area contributed by atoms with Crippen molar-refractivity contribution in [2.24, 2.45) is 0 Å². The molecule has 0 N–H and O–H groups in total. The molecule has 1 aliphatic rings. The lowest BCUT2D eigenvalue weighted by atomic mass is 10.1. The molecule has 0 saturated carbocycles. The fourth-order valence-corrected chi connectivity index (χ4v) is 5.43. The molecule has 1 aliphatic heterocycles. The largest absolute Gasteiger partial charge is 0.416 e. The molecule has 0 fully saturated rings. The Morgan fingerprint density at radius 1 is 1.03 bits per heavy atom. The maximum Gasteiger partial charge on any atom is 0.416 e. The van der Waals surface area contributed by atoms with E-state index in [1.165, 1.54) is 12.1 Å². The van der Waals surface area contributed by atoms with Crippen LogP contribution in [0.1, 0.15) is 21.7 Å². The monoisotopic (exact) mass is 457 g/mol. The first-order valence-electron chi connectivity index (χ1n) is 9.83. The van der Waals surface area contributed by atoms with Gasteiger partial charge in [0.25, 0.3) is 0 Å². The van der Waals surface area contributed by atoms with E-state index >= 15 is 0 Å². The molecule has 0 radical (unpaired) electrons. The van der Waals surface area contributed by atoms with E-state index in [9.17, 15) is 13.2 Å². The van der Waals surface area contributed by atoms with Gasteiger partial charge in [0.15, 0.2) is 5.82 Å². The fraction of sp³-hybridized carbons (Fsp3) is 0.217. The minimum Gasteiger partial charge on any atom is -0.293 e. The first kappa shape index (κ1) is 20.4. The van der Waals surface area contributed by atoms with Crippen LogP contribution in [0.5, 0.6) is 0 Å². The van der Waals surface area contributed by atoms with Crippen molar-refractivity contribution in [2.75, 3.05) is 6.54 Å². The fourth-order valence-electron chi connectivity index (χ4n) is 3.72. The standard InChI is InChI=1S/C23H18F3N3S2/c24-23(25,26)17-4-1-3-15(11-17)20-7-6-18(31-20)14-29-9-8-19-16(13-29)12-27-22(28-19)21-5-2-10-30-21/h1-7,10-12H,8-9,13-14H2. The predicted octanol–water partition coefficient (Wildman–Crippen LogP) is 6.51. The quantitative estimate of drug-likeness (QED) is 0.350. The van der Waals surface area contributed by atoms with Gasteiger partial charge in [0.05, 0.1) is 16.1 Å². The Morgan fingerprint density at radius 3 is 2.74 bits per heavy atom. The van der Waals surface area contributed by atoms with Crippen LogP contribution in [0.25, 0.3) is 21.1 Å². The highest BCUT2D eigenvalue weighted by atomic mass is 32.1. The minimum atomic E-state index is -4.33. The van der Waals surface area contributed by atoms with Crippen LogP contribution >= 0.6 is 22.7 Å². The third-order valence-electron chi connectivity index (χ3n) is 5.27. The van der Waals surface area contributed by atoms with Crippen LogP contribution in [0.2, 0.25) is 0 Å². The van der Waals surface area contributed by atoms with Gasteiger partial charge in [-0.25, -0.2) is 9.97 Å². The molecule has 0 aliphatic carbocycles. The maximum absolute atomic E-state index is 13.0. The van der Waals surface area contributed by atoms with Crippen LogP contribution < -0.4 is 0 Å². The van der Waals surface area contributed by atoms with Gasteiger partial charge < -0.3 is 0 Å². The van der Waals surface area contributed by atoms with Gasteiger partial charge in [-0.2, -0.15) is 13.2 Å². The molecule has 0 saturated heterocycles. The third-order valence-corrected chi connectivity index (χ3v) is 7.25. The van der Waals surface area contributed by atoms with E-state index in [2.05, 4.69) is 9.88 Å². The number of fused-ring (bicyclic) bond motifs is 1. The molecule has 3 nitrogen and oxygen atoms in total. The Morgan fingerprint density at radius 2 is 1.94 bits per heavy atom. The van der Waals surface area contributed by atoms with Gasteiger partial charge in [-0.15, -0.1) is 22.7 Å². The SMILES string of the molecule is FC(F)(F)c1cccc(-c2ccc(CN3CCc4nc(-c5cccs5)ncc4C3)s2)c1. The summed E-state index contributed by atoms with van der Waals surface area (Å²) in [6.45, 7) is 2.43. The van der Waals surface area contributed by atoms with E-state index in [1.807, 2.05) is 35.8 Å². The molecule has 0 atom stereocenters. The van der Waals surface area contributed by atoms with Gasteiger partial charge in [-0.1, -0.05) is 18.2 Å². The summed E-state index contributed by atoms with van der Waals surface area (Å²) >= 11 is 3.18. The molecule has 0 spiro atoms. The van der Waals surface area contributed by atoms with Crippen molar-refractivity contribution in [3.63, 3.8) is 0 Å². The van der Waals surface area contributed by atoms with Crippen LogP contribution in [0, 0.1) is 0 Å². The first-order chi connectivity index (χ1) is 15.0. The number of aromatic nitrogens is 2. The molecule has 0 amide bonds. The van der Waals surface area contributed by atoms with Gasteiger partial charge in [0.1, 0.15) is 0 Å². The molecule has 4 heterocycles. The average Bonchev–Trinajstić information content (AvgIpc) is 3.45. The Hall–Kier alpha value is -2.55. The highest BCUT2D eigenvalue weighted by Crippen LogP contribution is 2.35. The van der Waals surface area contributed by atoms with E-state index in [4.69, 9.17) is 4.98 Å². The number of hydrogen-bond acceptors (Lipinski definition) is 5. The molecule has 0 bridgehead atoms. The van der Waals surface area contributed by atoms with Gasteiger partial charge in [-0.3, -0.25) is 4.90 Å². The topological polar surface area (TPSA) is 29.0 Å². The third kappa shape index (κ3) is 4.42. The number of rotatable bonds is 4. The van der Waals surface area contributed by atoms with Crippen LogP contribution in [0.3, 0.4) is 0 Å². The van der Waals surface area contributed by atoms with Gasteiger partial charge in [-0.05, 0) is 41.3 Å². The Bertz CT molecular complexity index is 1200. The number of alkyl halides is 3. The molecule has 5 rings (SSSR count). The van der Waals surface area contributed by atoms with Gasteiger partial charge >= 0.3 is 6.18 Å². The highest BCUT2D eigenvalue weighted by molar-refractivity contribution is 7.15. The Balaban J connectivity index is 1.29. The van der Waals surface area contributed by atoms with E-state index in [0.29, 0.717) is 5.56 Å². The van der Waals surface area contributed by atoms with Gasteiger partial charge in [0, 0.05) is 47.6 Å². The molecule has 4 aromatic rings. The summed E-state index contributed by atoms with van der Waals surface area (Å²) in [6, 6.07) is 13.5.